The van der Waals surface area contributed by atoms with Crippen LogP contribution in [-0.4, -0.2) is 33.3 Å². The van der Waals surface area contributed by atoms with E-state index in [-0.39, 0.29) is 28.2 Å². The van der Waals surface area contributed by atoms with E-state index in [0.29, 0.717) is 6.54 Å². The zero-order valence-corrected chi connectivity index (χ0v) is 13.4. The van der Waals surface area contributed by atoms with E-state index in [1.807, 2.05) is 0 Å². The molecule has 4 nitrogen and oxygen atoms in total. The summed E-state index contributed by atoms with van der Waals surface area (Å²) < 4.78 is 61.7. The molecule has 120 valence electrons. The summed E-state index contributed by atoms with van der Waals surface area (Å²) in [7, 11) is -2.14. The van der Waals surface area contributed by atoms with Crippen molar-refractivity contribution in [1.29, 1.82) is 0 Å². The van der Waals surface area contributed by atoms with Crippen molar-refractivity contribution in [2.24, 2.45) is 0 Å². The van der Waals surface area contributed by atoms with Gasteiger partial charge in [0, 0.05) is 23.9 Å². The molecule has 0 aliphatic heterocycles. The van der Waals surface area contributed by atoms with Crippen molar-refractivity contribution >= 4 is 33.4 Å². The number of hydrogen-bond acceptors (Lipinski definition) is 4. The van der Waals surface area contributed by atoms with E-state index in [1.54, 1.807) is 13.1 Å². The van der Waals surface area contributed by atoms with E-state index in [9.17, 15) is 21.6 Å². The summed E-state index contributed by atoms with van der Waals surface area (Å²) in [6.07, 6.45) is 0. The number of hydrogen-bond donors (Lipinski definition) is 2. The van der Waals surface area contributed by atoms with Crippen LogP contribution in [0.25, 0.3) is 0 Å². The van der Waals surface area contributed by atoms with Crippen molar-refractivity contribution in [3.8, 4) is 0 Å². The lowest BCUT2D eigenvalue weighted by atomic mass is 10.2. The predicted molar refractivity (Wildman–Crippen MR) is 77.9 cm³/mol. The summed E-state index contributed by atoms with van der Waals surface area (Å²) in [5, 5.41) is 3.16. The highest BCUT2D eigenvalue weighted by Gasteiger charge is 2.27. The molecule has 0 radical (unpaired) electrons. The molecule has 0 bridgehead atoms. The first-order valence-corrected chi connectivity index (χ1v) is 8.64. The normalized spacial score (nSPS) is 12.6. The van der Waals surface area contributed by atoms with E-state index in [1.165, 1.54) is 12.1 Å². The van der Waals surface area contributed by atoms with Gasteiger partial charge in [-0.2, -0.15) is 13.2 Å². The molecule has 1 rings (SSSR count). The number of thioether (sulfide) groups is 1. The Bertz CT molecular complexity index is 579. The molecule has 10 heteroatoms. The van der Waals surface area contributed by atoms with Crippen LogP contribution in [0.15, 0.2) is 23.1 Å². The molecule has 0 aliphatic carbocycles. The smallest absolute Gasteiger partial charge is 0.316 e. The van der Waals surface area contributed by atoms with E-state index in [4.69, 9.17) is 11.6 Å². The number of benzene rings is 1. The molecule has 0 aromatic heterocycles. The number of alkyl halides is 3. The maximum atomic E-state index is 11.9. The average Bonchev–Trinajstić information content (AvgIpc) is 2.36. The van der Waals surface area contributed by atoms with Gasteiger partial charge >= 0.3 is 5.51 Å². The molecule has 1 aromatic carbocycles. The van der Waals surface area contributed by atoms with Crippen molar-refractivity contribution in [1.82, 2.24) is 10.0 Å². The van der Waals surface area contributed by atoms with E-state index in [2.05, 4.69) is 10.0 Å². The number of rotatable bonds is 7. The van der Waals surface area contributed by atoms with Gasteiger partial charge < -0.3 is 5.32 Å². The third-order valence-electron chi connectivity index (χ3n) is 2.36. The van der Waals surface area contributed by atoms with Gasteiger partial charge in [0.15, 0.2) is 0 Å². The molecule has 0 saturated carbocycles. The van der Waals surface area contributed by atoms with Crippen LogP contribution in [0.4, 0.5) is 13.2 Å². The molecular weight excluding hydrogens is 349 g/mol. The summed E-state index contributed by atoms with van der Waals surface area (Å²) >= 11 is 5.67. The lowest BCUT2D eigenvalue weighted by Gasteiger charge is -2.10. The number of sulfonamides is 1. The van der Waals surface area contributed by atoms with Gasteiger partial charge in [-0.1, -0.05) is 17.7 Å². The van der Waals surface area contributed by atoms with Crippen LogP contribution in [0, 0.1) is 0 Å². The second-order valence-electron chi connectivity index (χ2n) is 3.98. The minimum atomic E-state index is -4.37. The van der Waals surface area contributed by atoms with Crippen molar-refractivity contribution < 1.29 is 21.6 Å². The van der Waals surface area contributed by atoms with Crippen molar-refractivity contribution in [3.63, 3.8) is 0 Å². The van der Waals surface area contributed by atoms with Gasteiger partial charge in [0.05, 0.1) is 4.90 Å². The van der Waals surface area contributed by atoms with Crippen LogP contribution in [-0.2, 0) is 16.6 Å². The van der Waals surface area contributed by atoms with Crippen LogP contribution >= 0.6 is 23.4 Å². The Balaban J connectivity index is 2.68. The lowest BCUT2D eigenvalue weighted by Crippen LogP contribution is -2.26. The average molecular weight is 363 g/mol. The van der Waals surface area contributed by atoms with Gasteiger partial charge in [-0.3, -0.25) is 0 Å². The highest BCUT2D eigenvalue weighted by molar-refractivity contribution is 8.00. The Labute approximate surface area is 130 Å². The van der Waals surface area contributed by atoms with Gasteiger partial charge in [0.25, 0.3) is 0 Å². The monoisotopic (exact) mass is 362 g/mol. The summed E-state index contributed by atoms with van der Waals surface area (Å²) in [5.74, 6) is -0.395. The highest BCUT2D eigenvalue weighted by Crippen LogP contribution is 2.29. The molecule has 1 aromatic rings. The van der Waals surface area contributed by atoms with Gasteiger partial charge in [0.2, 0.25) is 10.0 Å². The van der Waals surface area contributed by atoms with Crippen LogP contribution in [0.1, 0.15) is 5.56 Å². The van der Waals surface area contributed by atoms with E-state index in [0.717, 1.165) is 5.56 Å². The van der Waals surface area contributed by atoms with Crippen LogP contribution in [0.3, 0.4) is 0 Å². The fraction of sp³-hybridized carbons (Fsp3) is 0.455. The minimum Gasteiger partial charge on any atom is -0.316 e. The highest BCUT2D eigenvalue weighted by atomic mass is 35.5. The maximum absolute atomic E-state index is 11.9. The fourth-order valence-corrected chi connectivity index (χ4v) is 3.39. The Morgan fingerprint density at radius 2 is 2.00 bits per heavy atom. The van der Waals surface area contributed by atoms with Crippen molar-refractivity contribution in [3.05, 3.63) is 28.8 Å². The zero-order chi connectivity index (χ0) is 16.1. The molecule has 21 heavy (non-hydrogen) atoms. The zero-order valence-electron chi connectivity index (χ0n) is 11.0. The van der Waals surface area contributed by atoms with Crippen LogP contribution < -0.4 is 10.0 Å². The Kier molecular flexibility index (Phi) is 6.79. The third-order valence-corrected chi connectivity index (χ3v) is 4.91. The third kappa shape index (κ3) is 6.43. The van der Waals surface area contributed by atoms with Crippen molar-refractivity contribution in [2.75, 3.05) is 19.3 Å². The van der Waals surface area contributed by atoms with E-state index < -0.39 is 21.3 Å². The molecule has 2 N–H and O–H groups in total. The molecule has 0 fully saturated rings. The molecule has 0 amide bonds. The summed E-state index contributed by atoms with van der Waals surface area (Å²) in [6, 6.07) is 4.18. The molecule has 0 spiro atoms. The van der Waals surface area contributed by atoms with Gasteiger partial charge in [-0.15, -0.1) is 0 Å². The van der Waals surface area contributed by atoms with Crippen LogP contribution in [0.5, 0.6) is 0 Å². The topological polar surface area (TPSA) is 58.2 Å². The SMILES string of the molecule is CNCc1ccc(S(=O)(=O)NCCSC(F)(F)F)cc1Cl. The Hall–Kier alpha value is -0.480. The summed E-state index contributed by atoms with van der Waals surface area (Å²) in [6.45, 7) is 0.164. The van der Waals surface area contributed by atoms with E-state index >= 15 is 0 Å². The molecule has 0 saturated heterocycles. The molecule has 0 aliphatic rings. The van der Waals surface area contributed by atoms with Gasteiger partial charge in [-0.25, -0.2) is 13.1 Å². The molecular formula is C11H14ClF3N2O2S2. The second-order valence-corrected chi connectivity index (χ2v) is 7.31. The van der Waals surface area contributed by atoms with Crippen LogP contribution in [0.2, 0.25) is 5.02 Å². The first-order chi connectivity index (χ1) is 9.65. The molecule has 0 heterocycles. The molecule has 0 atom stereocenters. The van der Waals surface area contributed by atoms with Gasteiger partial charge in [0.1, 0.15) is 0 Å². The first-order valence-electron chi connectivity index (χ1n) is 5.79. The number of nitrogens with one attached hydrogen (secondary N) is 2. The quantitative estimate of drug-likeness (QED) is 0.732. The largest absolute Gasteiger partial charge is 0.441 e. The Morgan fingerprint density at radius 1 is 1.33 bits per heavy atom. The fourth-order valence-electron chi connectivity index (χ4n) is 1.46. The summed E-state index contributed by atoms with van der Waals surface area (Å²) in [4.78, 5) is -0.0793. The van der Waals surface area contributed by atoms with Crippen molar-refractivity contribution in [2.45, 2.75) is 16.9 Å². The molecule has 0 unspecified atom stereocenters. The first kappa shape index (κ1) is 18.6. The maximum Gasteiger partial charge on any atom is 0.441 e. The minimum absolute atomic E-state index is 0.0793. The summed E-state index contributed by atoms with van der Waals surface area (Å²) in [5.41, 5.74) is -3.64. The number of halogens is 4. The Morgan fingerprint density at radius 3 is 2.52 bits per heavy atom. The van der Waals surface area contributed by atoms with Gasteiger partial charge in [-0.05, 0) is 36.5 Å². The lowest BCUT2D eigenvalue weighted by molar-refractivity contribution is -0.0327. The predicted octanol–water partition coefficient (Wildman–Crippen LogP) is 2.59. The second kappa shape index (κ2) is 7.68. The standard InChI is InChI=1S/C11H14ClF3N2O2S2/c1-16-7-8-2-3-9(6-10(8)12)21(18,19)17-4-5-20-11(13,14)15/h2-3,6,16-17H,4-5,7H2,1H3.